The van der Waals surface area contributed by atoms with Gasteiger partial charge in [0.2, 0.25) is 0 Å². The van der Waals surface area contributed by atoms with Gasteiger partial charge in [-0.3, -0.25) is 9.48 Å². The fourth-order valence-electron chi connectivity index (χ4n) is 4.66. The van der Waals surface area contributed by atoms with Gasteiger partial charge in [-0.05, 0) is 49.6 Å². The second-order valence-corrected chi connectivity index (χ2v) is 9.75. The van der Waals surface area contributed by atoms with E-state index in [1.807, 2.05) is 23.9 Å². The number of anilines is 1. The van der Waals surface area contributed by atoms with Gasteiger partial charge in [-0.1, -0.05) is 11.6 Å². The predicted octanol–water partition coefficient (Wildman–Crippen LogP) is 4.29. The molecule has 6 rings (SSSR count). The highest BCUT2D eigenvalue weighted by molar-refractivity contribution is 6.30. The first-order valence-corrected chi connectivity index (χ1v) is 12.0. The molecule has 4 heterocycles. The van der Waals surface area contributed by atoms with Gasteiger partial charge in [0.25, 0.3) is 5.56 Å². The quantitative estimate of drug-likeness (QED) is 0.421. The maximum absolute atomic E-state index is 15.0. The largest absolute Gasteiger partial charge is 0.367 e. The van der Waals surface area contributed by atoms with Crippen molar-refractivity contribution in [3.8, 4) is 11.1 Å². The van der Waals surface area contributed by atoms with Gasteiger partial charge in [-0.2, -0.15) is 10.2 Å². The zero-order valence-corrected chi connectivity index (χ0v) is 20.1. The van der Waals surface area contributed by atoms with Crippen LogP contribution >= 0.6 is 11.6 Å². The summed E-state index contributed by atoms with van der Waals surface area (Å²) < 4.78 is 24.5. The van der Waals surface area contributed by atoms with Gasteiger partial charge in [-0.25, -0.2) is 14.1 Å². The maximum Gasteiger partial charge on any atom is 0.293 e. The number of aryl methyl sites for hydroxylation is 1. The molecule has 1 saturated heterocycles. The Bertz CT molecular complexity index is 1500. The van der Waals surface area contributed by atoms with Crippen molar-refractivity contribution >= 4 is 28.3 Å². The van der Waals surface area contributed by atoms with Crippen LogP contribution in [0.2, 0.25) is 5.02 Å². The van der Waals surface area contributed by atoms with Crippen LogP contribution in [-0.4, -0.2) is 43.7 Å². The highest BCUT2D eigenvalue weighted by Gasteiger charge is 2.31. The minimum absolute atomic E-state index is 0.0773. The summed E-state index contributed by atoms with van der Waals surface area (Å²) in [6, 6.07) is 6.82. The number of benzene rings is 1. The molecule has 8 nitrogen and oxygen atoms in total. The highest BCUT2D eigenvalue weighted by atomic mass is 35.5. The fourth-order valence-corrected chi connectivity index (χ4v) is 4.82. The van der Waals surface area contributed by atoms with Gasteiger partial charge in [0.15, 0.2) is 0 Å². The van der Waals surface area contributed by atoms with Crippen molar-refractivity contribution in [2.45, 2.75) is 38.0 Å². The van der Waals surface area contributed by atoms with Gasteiger partial charge in [-0.15, -0.1) is 0 Å². The predicted molar refractivity (Wildman–Crippen MR) is 131 cm³/mol. The molecule has 0 radical (unpaired) electrons. The lowest BCUT2D eigenvalue weighted by Gasteiger charge is -2.37. The number of pyridine rings is 1. The maximum atomic E-state index is 15.0. The number of hydrogen-bond acceptors (Lipinski definition) is 6. The average molecular weight is 495 g/mol. The zero-order chi connectivity index (χ0) is 24.3. The van der Waals surface area contributed by atoms with Crippen molar-refractivity contribution in [1.82, 2.24) is 24.5 Å². The van der Waals surface area contributed by atoms with Crippen LogP contribution in [0.5, 0.6) is 0 Å². The van der Waals surface area contributed by atoms with Crippen LogP contribution in [0.15, 0.2) is 47.7 Å². The lowest BCUT2D eigenvalue weighted by Crippen LogP contribution is -2.43. The summed E-state index contributed by atoms with van der Waals surface area (Å²) in [5, 5.41) is 9.44. The smallest absolute Gasteiger partial charge is 0.293 e. The molecule has 1 saturated carbocycles. The molecule has 2 fully saturated rings. The molecule has 35 heavy (non-hydrogen) atoms. The van der Waals surface area contributed by atoms with Crippen molar-refractivity contribution in [3.05, 3.63) is 69.6 Å². The van der Waals surface area contributed by atoms with Crippen LogP contribution in [0, 0.1) is 5.82 Å². The number of rotatable bonds is 4. The monoisotopic (exact) mass is 494 g/mol. The van der Waals surface area contributed by atoms with Crippen molar-refractivity contribution in [2.75, 3.05) is 18.0 Å². The SMILES string of the molecule is C[C@H]1CN(c2cc(-c3ccc(Cl)cc3F)c3cnn(C)c(=O)c3n2)C[C@H](c2cnn(C3CC3)c2)O1. The molecule has 0 unspecified atom stereocenters. The van der Waals surface area contributed by atoms with Crippen molar-refractivity contribution in [1.29, 1.82) is 0 Å². The Morgan fingerprint density at radius 1 is 1.11 bits per heavy atom. The first-order chi connectivity index (χ1) is 16.9. The molecule has 10 heteroatoms. The van der Waals surface area contributed by atoms with E-state index in [9.17, 15) is 9.18 Å². The molecule has 3 aromatic heterocycles. The third kappa shape index (κ3) is 4.08. The molecular formula is C25H24ClFN6O2. The van der Waals surface area contributed by atoms with E-state index in [2.05, 4.69) is 21.3 Å². The summed E-state index contributed by atoms with van der Waals surface area (Å²) in [7, 11) is 1.57. The van der Waals surface area contributed by atoms with Crippen LogP contribution in [0.3, 0.4) is 0 Å². The normalized spacial score (nSPS) is 20.5. The third-order valence-corrected chi connectivity index (χ3v) is 6.86. The summed E-state index contributed by atoms with van der Waals surface area (Å²) in [5.74, 6) is 0.109. The second kappa shape index (κ2) is 8.42. The van der Waals surface area contributed by atoms with Gasteiger partial charge in [0.05, 0.1) is 31.1 Å². The number of morpholine rings is 1. The molecule has 0 spiro atoms. The van der Waals surface area contributed by atoms with Crippen LogP contribution in [-0.2, 0) is 11.8 Å². The number of ether oxygens (including phenoxy) is 1. The Morgan fingerprint density at radius 2 is 1.94 bits per heavy atom. The van der Waals surface area contributed by atoms with Gasteiger partial charge >= 0.3 is 0 Å². The Labute approximate surface area is 205 Å². The van der Waals surface area contributed by atoms with Crippen LogP contribution in [0.25, 0.3) is 22.0 Å². The molecule has 0 amide bonds. The number of hydrogen-bond donors (Lipinski definition) is 0. The summed E-state index contributed by atoms with van der Waals surface area (Å²) in [6.45, 7) is 3.13. The van der Waals surface area contributed by atoms with Gasteiger partial charge < -0.3 is 9.64 Å². The van der Waals surface area contributed by atoms with Crippen molar-refractivity contribution in [3.63, 3.8) is 0 Å². The molecule has 4 aromatic rings. The minimum Gasteiger partial charge on any atom is -0.367 e. The Morgan fingerprint density at radius 3 is 2.71 bits per heavy atom. The van der Waals surface area contributed by atoms with Gasteiger partial charge in [0.1, 0.15) is 23.3 Å². The number of halogens is 2. The molecule has 1 aliphatic heterocycles. The van der Waals surface area contributed by atoms with E-state index in [4.69, 9.17) is 21.3 Å². The first kappa shape index (κ1) is 22.2. The van der Waals surface area contributed by atoms with Crippen molar-refractivity contribution < 1.29 is 9.13 Å². The molecule has 2 aliphatic rings. The first-order valence-electron chi connectivity index (χ1n) is 11.6. The van der Waals surface area contributed by atoms with E-state index in [-0.39, 0.29) is 23.3 Å². The summed E-state index contributed by atoms with van der Waals surface area (Å²) >= 11 is 5.99. The van der Waals surface area contributed by atoms with Crippen LogP contribution < -0.4 is 10.5 Å². The number of aromatic nitrogens is 5. The lowest BCUT2D eigenvalue weighted by molar-refractivity contribution is -0.0176. The van der Waals surface area contributed by atoms with Gasteiger partial charge in [0, 0.05) is 41.3 Å². The standard InChI is InChI=1S/C25H24ClFN6O2/c1-14-11-32(13-22(35-14)15-9-29-33(12-15)17-4-5-17)23-8-19(18-6-3-16(26)7-21(18)27)20-10-28-31(2)25(34)24(20)30-23/h3,6-10,12,14,17,22H,4-5,11,13H2,1-2H3/t14-,22+/m0/s1. The lowest BCUT2D eigenvalue weighted by atomic mass is 10.0. The van der Waals surface area contributed by atoms with Crippen LogP contribution in [0.4, 0.5) is 10.2 Å². The van der Waals surface area contributed by atoms with E-state index in [1.165, 1.54) is 10.7 Å². The average Bonchev–Trinajstić information content (AvgIpc) is 3.57. The Balaban J connectivity index is 1.45. The highest BCUT2D eigenvalue weighted by Crippen LogP contribution is 2.37. The zero-order valence-electron chi connectivity index (χ0n) is 19.4. The minimum atomic E-state index is -0.475. The van der Waals surface area contributed by atoms with E-state index in [1.54, 1.807) is 25.4 Å². The summed E-state index contributed by atoms with van der Waals surface area (Å²) in [6.07, 6.45) is 7.51. The number of nitrogens with zero attached hydrogens (tertiary/aromatic N) is 6. The van der Waals surface area contributed by atoms with Crippen molar-refractivity contribution in [2.24, 2.45) is 7.05 Å². The van der Waals surface area contributed by atoms with Crippen LogP contribution in [0.1, 0.15) is 37.5 Å². The molecular weight excluding hydrogens is 471 g/mol. The van der Waals surface area contributed by atoms with E-state index >= 15 is 0 Å². The Hall–Kier alpha value is -3.30. The fraction of sp³-hybridized carbons (Fsp3) is 0.360. The van der Waals surface area contributed by atoms with E-state index < -0.39 is 5.82 Å². The third-order valence-electron chi connectivity index (χ3n) is 6.62. The summed E-state index contributed by atoms with van der Waals surface area (Å²) in [4.78, 5) is 19.8. The topological polar surface area (TPSA) is 78.1 Å². The molecule has 180 valence electrons. The molecule has 2 atom stereocenters. The summed E-state index contributed by atoms with van der Waals surface area (Å²) in [5.41, 5.74) is 1.78. The molecule has 1 aliphatic carbocycles. The van der Waals surface area contributed by atoms with E-state index in [0.29, 0.717) is 46.5 Å². The van der Waals surface area contributed by atoms with E-state index in [0.717, 1.165) is 18.4 Å². The second-order valence-electron chi connectivity index (χ2n) is 9.31. The molecule has 1 aromatic carbocycles. The number of fused-ring (bicyclic) bond motifs is 1. The Kier molecular flexibility index (Phi) is 5.34. The molecule has 0 N–H and O–H groups in total. The molecule has 0 bridgehead atoms.